The number of hydrogen-bond acceptors (Lipinski definition) is 0. The van der Waals surface area contributed by atoms with Crippen LogP contribution in [0.25, 0.3) is 0 Å². The molecule has 0 heterocycles. The minimum atomic E-state index is -0.0133. The van der Waals surface area contributed by atoms with Gasteiger partial charge in [-0.3, -0.25) is 0 Å². The van der Waals surface area contributed by atoms with Crippen LogP contribution >= 0.6 is 0 Å². The molecule has 0 unspecified atom stereocenters. The SMILES string of the molecule is CC.CC(C)C1(C(C)C)CCc2c(F)cccc21. The van der Waals surface area contributed by atoms with E-state index in [-0.39, 0.29) is 11.2 Å². The first-order valence-electron chi connectivity index (χ1n) is 7.28. The van der Waals surface area contributed by atoms with Gasteiger partial charge in [0, 0.05) is 5.41 Å². The Hall–Kier alpha value is -0.850. The van der Waals surface area contributed by atoms with Gasteiger partial charge in [0.1, 0.15) is 5.82 Å². The van der Waals surface area contributed by atoms with Crippen LogP contribution < -0.4 is 0 Å². The first kappa shape index (κ1) is 15.2. The molecule has 0 saturated carbocycles. The van der Waals surface area contributed by atoms with Gasteiger partial charge >= 0.3 is 0 Å². The van der Waals surface area contributed by atoms with E-state index < -0.39 is 0 Å². The third-order valence-electron chi connectivity index (χ3n) is 4.47. The van der Waals surface area contributed by atoms with Crippen LogP contribution in [0, 0.1) is 17.7 Å². The molecule has 0 spiro atoms. The van der Waals surface area contributed by atoms with Gasteiger partial charge < -0.3 is 0 Å². The van der Waals surface area contributed by atoms with Gasteiger partial charge in [-0.1, -0.05) is 53.7 Å². The van der Waals surface area contributed by atoms with E-state index in [4.69, 9.17) is 0 Å². The van der Waals surface area contributed by atoms with E-state index in [0.29, 0.717) is 11.8 Å². The monoisotopic (exact) mass is 250 g/mol. The largest absolute Gasteiger partial charge is 0.207 e. The van der Waals surface area contributed by atoms with Crippen LogP contribution in [0.1, 0.15) is 59.1 Å². The van der Waals surface area contributed by atoms with Crippen LogP contribution in [-0.2, 0) is 11.8 Å². The molecule has 0 radical (unpaired) electrons. The zero-order chi connectivity index (χ0) is 13.9. The summed E-state index contributed by atoms with van der Waals surface area (Å²) in [5, 5.41) is 0. The second-order valence-electron chi connectivity index (χ2n) is 5.62. The Balaban J connectivity index is 0.000000771. The fourth-order valence-electron chi connectivity index (χ4n) is 3.58. The molecule has 0 fully saturated rings. The van der Waals surface area contributed by atoms with E-state index in [1.54, 1.807) is 6.07 Å². The van der Waals surface area contributed by atoms with Gasteiger partial charge in [-0.25, -0.2) is 4.39 Å². The quantitative estimate of drug-likeness (QED) is 0.664. The minimum absolute atomic E-state index is 0.0133. The van der Waals surface area contributed by atoms with E-state index in [1.807, 2.05) is 19.9 Å². The summed E-state index contributed by atoms with van der Waals surface area (Å²) < 4.78 is 13.8. The highest BCUT2D eigenvalue weighted by atomic mass is 19.1. The molecule has 1 aromatic carbocycles. The van der Waals surface area contributed by atoms with Crippen molar-refractivity contribution in [2.24, 2.45) is 11.8 Å². The predicted octanol–water partition coefficient (Wildman–Crippen LogP) is 5.35. The molecule has 0 N–H and O–H groups in total. The van der Waals surface area contributed by atoms with E-state index in [2.05, 4.69) is 33.8 Å². The molecule has 2 rings (SSSR count). The lowest BCUT2D eigenvalue weighted by molar-refractivity contribution is 0.218. The summed E-state index contributed by atoms with van der Waals surface area (Å²) in [6, 6.07) is 5.58. The van der Waals surface area contributed by atoms with Gasteiger partial charge in [0.05, 0.1) is 0 Å². The molecule has 1 aliphatic rings. The summed E-state index contributed by atoms with van der Waals surface area (Å²) in [7, 11) is 0. The Kier molecular flexibility index (Phi) is 4.95. The molecule has 0 aliphatic heterocycles. The zero-order valence-electron chi connectivity index (χ0n) is 12.7. The zero-order valence-corrected chi connectivity index (χ0v) is 12.7. The molecule has 0 nitrogen and oxygen atoms in total. The normalized spacial score (nSPS) is 16.5. The summed E-state index contributed by atoms with van der Waals surface area (Å²) in [4.78, 5) is 0. The molecule has 0 aromatic heterocycles. The Morgan fingerprint density at radius 2 is 1.61 bits per heavy atom. The molecule has 0 saturated heterocycles. The Bertz CT molecular complexity index is 383. The first-order valence-corrected chi connectivity index (χ1v) is 7.28. The molecular weight excluding hydrogens is 223 g/mol. The topological polar surface area (TPSA) is 0 Å². The lowest BCUT2D eigenvalue weighted by atomic mass is 9.65. The number of rotatable bonds is 2. The van der Waals surface area contributed by atoms with Crippen molar-refractivity contribution in [1.29, 1.82) is 0 Å². The van der Waals surface area contributed by atoms with Crippen LogP contribution in [0.4, 0.5) is 4.39 Å². The summed E-state index contributed by atoms with van der Waals surface area (Å²) >= 11 is 0. The maximum absolute atomic E-state index is 13.8. The average molecular weight is 250 g/mol. The number of halogens is 1. The molecular formula is C17H27F. The molecule has 1 aromatic rings. The van der Waals surface area contributed by atoms with Crippen molar-refractivity contribution in [3.8, 4) is 0 Å². The number of fused-ring (bicyclic) bond motifs is 1. The van der Waals surface area contributed by atoms with Gasteiger partial charge in [0.2, 0.25) is 0 Å². The highest BCUT2D eigenvalue weighted by Gasteiger charge is 2.44. The second kappa shape index (κ2) is 5.86. The fourth-order valence-corrected chi connectivity index (χ4v) is 3.58. The first-order chi connectivity index (χ1) is 8.50. The van der Waals surface area contributed by atoms with E-state index in [0.717, 1.165) is 18.4 Å². The third-order valence-corrected chi connectivity index (χ3v) is 4.47. The van der Waals surface area contributed by atoms with Crippen LogP contribution in [-0.4, -0.2) is 0 Å². The summed E-state index contributed by atoms with van der Waals surface area (Å²) in [6.45, 7) is 13.1. The fraction of sp³-hybridized carbons (Fsp3) is 0.647. The van der Waals surface area contributed by atoms with Crippen molar-refractivity contribution >= 4 is 0 Å². The molecule has 0 atom stereocenters. The molecule has 0 amide bonds. The minimum Gasteiger partial charge on any atom is -0.207 e. The summed E-state index contributed by atoms with van der Waals surface area (Å²) in [5.74, 6) is 1.12. The van der Waals surface area contributed by atoms with Crippen molar-refractivity contribution in [3.63, 3.8) is 0 Å². The Morgan fingerprint density at radius 3 is 2.11 bits per heavy atom. The standard InChI is InChI=1S/C15H21F.C2H6/c1-10(2)15(11(3)4)9-8-12-13(15)6-5-7-14(12)16;1-2/h5-7,10-11H,8-9H2,1-4H3;1-2H3. The van der Waals surface area contributed by atoms with Gasteiger partial charge in [-0.15, -0.1) is 0 Å². The Morgan fingerprint density at radius 1 is 1.06 bits per heavy atom. The van der Waals surface area contributed by atoms with Crippen LogP contribution in [0.3, 0.4) is 0 Å². The third kappa shape index (κ3) is 2.20. The second-order valence-corrected chi connectivity index (χ2v) is 5.62. The van der Waals surface area contributed by atoms with Crippen molar-refractivity contribution in [2.45, 2.75) is 59.8 Å². The molecule has 0 bridgehead atoms. The van der Waals surface area contributed by atoms with Crippen LogP contribution in [0.2, 0.25) is 0 Å². The highest BCUT2D eigenvalue weighted by molar-refractivity contribution is 5.41. The average Bonchev–Trinajstić information content (AvgIpc) is 2.73. The predicted molar refractivity (Wildman–Crippen MR) is 77.4 cm³/mol. The highest BCUT2D eigenvalue weighted by Crippen LogP contribution is 2.49. The molecule has 102 valence electrons. The summed E-state index contributed by atoms with van der Waals surface area (Å²) in [5.41, 5.74) is 2.40. The van der Waals surface area contributed by atoms with Crippen molar-refractivity contribution in [3.05, 3.63) is 35.1 Å². The van der Waals surface area contributed by atoms with Crippen LogP contribution in [0.5, 0.6) is 0 Å². The lowest BCUT2D eigenvalue weighted by Crippen LogP contribution is -2.35. The van der Waals surface area contributed by atoms with Crippen molar-refractivity contribution in [1.82, 2.24) is 0 Å². The smallest absolute Gasteiger partial charge is 0.126 e. The number of benzene rings is 1. The number of hydrogen-bond donors (Lipinski definition) is 0. The molecule has 1 heteroatoms. The maximum atomic E-state index is 13.8. The summed E-state index contributed by atoms with van der Waals surface area (Å²) in [6.07, 6.45) is 2.00. The molecule has 18 heavy (non-hydrogen) atoms. The van der Waals surface area contributed by atoms with Gasteiger partial charge in [0.25, 0.3) is 0 Å². The van der Waals surface area contributed by atoms with Crippen LogP contribution in [0.15, 0.2) is 18.2 Å². The van der Waals surface area contributed by atoms with E-state index in [1.165, 1.54) is 5.56 Å². The van der Waals surface area contributed by atoms with E-state index in [9.17, 15) is 4.39 Å². The van der Waals surface area contributed by atoms with Gasteiger partial charge in [-0.05, 0) is 41.9 Å². The maximum Gasteiger partial charge on any atom is 0.126 e. The van der Waals surface area contributed by atoms with Gasteiger partial charge in [-0.2, -0.15) is 0 Å². The van der Waals surface area contributed by atoms with Gasteiger partial charge in [0.15, 0.2) is 0 Å². The lowest BCUT2D eigenvalue weighted by Gasteiger charge is -2.39. The Labute approximate surface area is 112 Å². The molecule has 1 aliphatic carbocycles. The van der Waals surface area contributed by atoms with Crippen molar-refractivity contribution in [2.75, 3.05) is 0 Å². The van der Waals surface area contributed by atoms with E-state index >= 15 is 0 Å². The van der Waals surface area contributed by atoms with Crippen molar-refractivity contribution < 1.29 is 4.39 Å².